The van der Waals surface area contributed by atoms with E-state index in [9.17, 15) is 4.79 Å². The molecule has 1 heterocycles. The topological polar surface area (TPSA) is 52.1 Å². The second kappa shape index (κ2) is 4.23. The average Bonchev–Trinajstić information content (AvgIpc) is 2.16. The highest BCUT2D eigenvalue weighted by Gasteiger charge is 1.90. The molecular weight excluding hydrogens is 156 g/mol. The van der Waals surface area contributed by atoms with E-state index >= 15 is 0 Å². The van der Waals surface area contributed by atoms with Crippen LogP contribution in [0.4, 0.5) is 0 Å². The molecule has 0 aromatic carbocycles. The SMILES string of the molecule is COC(=O)C=Cc1cncnc1. The lowest BCUT2D eigenvalue weighted by Gasteiger charge is -1.90. The van der Waals surface area contributed by atoms with Gasteiger partial charge in [-0.3, -0.25) is 0 Å². The molecule has 0 aliphatic rings. The quantitative estimate of drug-likeness (QED) is 0.476. The zero-order valence-corrected chi connectivity index (χ0v) is 6.60. The van der Waals surface area contributed by atoms with Gasteiger partial charge in [-0.2, -0.15) is 0 Å². The Hall–Kier alpha value is -1.71. The van der Waals surface area contributed by atoms with Gasteiger partial charge < -0.3 is 4.74 Å². The number of nitrogens with zero attached hydrogens (tertiary/aromatic N) is 2. The van der Waals surface area contributed by atoms with Crippen molar-refractivity contribution in [3.8, 4) is 0 Å². The first-order valence-electron chi connectivity index (χ1n) is 3.34. The molecule has 0 unspecified atom stereocenters. The highest BCUT2D eigenvalue weighted by atomic mass is 16.5. The summed E-state index contributed by atoms with van der Waals surface area (Å²) in [5.74, 6) is -0.390. The monoisotopic (exact) mass is 164 g/mol. The fourth-order valence-electron chi connectivity index (χ4n) is 0.629. The molecule has 0 bridgehead atoms. The second-order valence-electron chi connectivity index (χ2n) is 2.03. The largest absolute Gasteiger partial charge is 0.466 e. The van der Waals surface area contributed by atoms with Gasteiger partial charge >= 0.3 is 5.97 Å². The number of carbonyl (C=O) groups is 1. The molecule has 62 valence electrons. The minimum Gasteiger partial charge on any atom is -0.466 e. The van der Waals surface area contributed by atoms with Crippen LogP contribution in [0.2, 0.25) is 0 Å². The Morgan fingerprint density at radius 3 is 2.75 bits per heavy atom. The van der Waals surface area contributed by atoms with E-state index in [1.54, 1.807) is 18.5 Å². The van der Waals surface area contributed by atoms with Gasteiger partial charge in [-0.1, -0.05) is 0 Å². The van der Waals surface area contributed by atoms with E-state index in [0.29, 0.717) is 0 Å². The van der Waals surface area contributed by atoms with Crippen LogP contribution in [0.5, 0.6) is 0 Å². The van der Waals surface area contributed by atoms with Crippen molar-refractivity contribution in [1.29, 1.82) is 0 Å². The first kappa shape index (κ1) is 8.39. The van der Waals surface area contributed by atoms with Crippen LogP contribution in [0.15, 0.2) is 24.8 Å². The summed E-state index contributed by atoms with van der Waals surface area (Å²) in [4.78, 5) is 18.2. The van der Waals surface area contributed by atoms with Crippen molar-refractivity contribution in [1.82, 2.24) is 9.97 Å². The lowest BCUT2D eigenvalue weighted by Crippen LogP contribution is -1.93. The molecule has 0 atom stereocenters. The Labute approximate surface area is 69.9 Å². The van der Waals surface area contributed by atoms with Crippen LogP contribution in [0.3, 0.4) is 0 Å². The van der Waals surface area contributed by atoms with E-state index in [1.165, 1.54) is 19.5 Å². The number of aromatic nitrogens is 2. The summed E-state index contributed by atoms with van der Waals surface area (Å²) in [5.41, 5.74) is 0.767. The highest BCUT2D eigenvalue weighted by Crippen LogP contribution is 1.95. The lowest BCUT2D eigenvalue weighted by molar-refractivity contribution is -0.134. The van der Waals surface area contributed by atoms with Crippen LogP contribution in [0, 0.1) is 0 Å². The fraction of sp³-hybridized carbons (Fsp3) is 0.125. The van der Waals surface area contributed by atoms with Gasteiger partial charge in [-0.25, -0.2) is 14.8 Å². The van der Waals surface area contributed by atoms with E-state index in [1.807, 2.05) is 0 Å². The van der Waals surface area contributed by atoms with Crippen LogP contribution in [-0.4, -0.2) is 23.0 Å². The Kier molecular flexibility index (Phi) is 2.95. The van der Waals surface area contributed by atoms with Crippen molar-refractivity contribution in [2.24, 2.45) is 0 Å². The smallest absolute Gasteiger partial charge is 0.330 e. The van der Waals surface area contributed by atoms with Gasteiger partial charge in [-0.15, -0.1) is 0 Å². The third kappa shape index (κ3) is 2.49. The zero-order valence-electron chi connectivity index (χ0n) is 6.60. The average molecular weight is 164 g/mol. The lowest BCUT2D eigenvalue weighted by atomic mass is 10.3. The van der Waals surface area contributed by atoms with Gasteiger partial charge in [-0.05, 0) is 6.08 Å². The number of ether oxygens (including phenoxy) is 1. The summed E-state index contributed by atoms with van der Waals surface area (Å²) < 4.78 is 4.41. The molecule has 0 saturated carbocycles. The van der Waals surface area contributed by atoms with E-state index in [0.717, 1.165) is 5.56 Å². The summed E-state index contributed by atoms with van der Waals surface area (Å²) in [6.45, 7) is 0. The summed E-state index contributed by atoms with van der Waals surface area (Å²) in [6.07, 6.45) is 7.54. The second-order valence-corrected chi connectivity index (χ2v) is 2.03. The maximum Gasteiger partial charge on any atom is 0.330 e. The number of methoxy groups -OCH3 is 1. The number of hydrogen-bond acceptors (Lipinski definition) is 4. The van der Waals surface area contributed by atoms with Crippen LogP contribution in [0.1, 0.15) is 5.56 Å². The van der Waals surface area contributed by atoms with Crippen molar-refractivity contribution in [3.63, 3.8) is 0 Å². The number of rotatable bonds is 2. The highest BCUT2D eigenvalue weighted by molar-refractivity contribution is 5.86. The Morgan fingerprint density at radius 1 is 1.50 bits per heavy atom. The molecule has 0 aliphatic heterocycles. The molecule has 0 fully saturated rings. The predicted molar refractivity (Wildman–Crippen MR) is 43.1 cm³/mol. The zero-order chi connectivity index (χ0) is 8.81. The van der Waals surface area contributed by atoms with Gasteiger partial charge in [0.15, 0.2) is 0 Å². The van der Waals surface area contributed by atoms with Crippen molar-refractivity contribution >= 4 is 12.0 Å². The normalized spacial score (nSPS) is 10.1. The third-order valence-electron chi connectivity index (χ3n) is 1.19. The van der Waals surface area contributed by atoms with Gasteiger partial charge in [0.2, 0.25) is 0 Å². The van der Waals surface area contributed by atoms with Crippen LogP contribution >= 0.6 is 0 Å². The first-order valence-corrected chi connectivity index (χ1v) is 3.34. The van der Waals surface area contributed by atoms with Gasteiger partial charge in [0, 0.05) is 24.0 Å². The Bertz CT molecular complexity index is 282. The van der Waals surface area contributed by atoms with E-state index in [-0.39, 0.29) is 5.97 Å². The molecule has 0 N–H and O–H groups in total. The molecule has 0 spiro atoms. The van der Waals surface area contributed by atoms with Gasteiger partial charge in [0.05, 0.1) is 7.11 Å². The number of esters is 1. The van der Waals surface area contributed by atoms with Gasteiger partial charge in [0.25, 0.3) is 0 Å². The minimum absolute atomic E-state index is 0.390. The molecule has 0 amide bonds. The Balaban J connectivity index is 2.64. The molecule has 12 heavy (non-hydrogen) atoms. The van der Waals surface area contributed by atoms with Crippen molar-refractivity contribution < 1.29 is 9.53 Å². The van der Waals surface area contributed by atoms with Gasteiger partial charge in [0.1, 0.15) is 6.33 Å². The molecule has 0 saturated heterocycles. The maximum atomic E-state index is 10.6. The molecule has 1 rings (SSSR count). The minimum atomic E-state index is -0.390. The summed E-state index contributed by atoms with van der Waals surface area (Å²) >= 11 is 0. The molecule has 0 radical (unpaired) electrons. The molecule has 4 heteroatoms. The van der Waals surface area contributed by atoms with E-state index in [2.05, 4.69) is 14.7 Å². The number of hydrogen-bond donors (Lipinski definition) is 0. The molecule has 1 aromatic heterocycles. The van der Waals surface area contributed by atoms with Crippen molar-refractivity contribution in [2.45, 2.75) is 0 Å². The summed E-state index contributed by atoms with van der Waals surface area (Å²) in [5, 5.41) is 0. The molecule has 4 nitrogen and oxygen atoms in total. The fourth-order valence-corrected chi connectivity index (χ4v) is 0.629. The van der Waals surface area contributed by atoms with Crippen molar-refractivity contribution in [3.05, 3.63) is 30.4 Å². The first-order chi connectivity index (χ1) is 5.83. The predicted octanol–water partition coefficient (Wildman–Crippen LogP) is 0.663. The van der Waals surface area contributed by atoms with Crippen LogP contribution in [0.25, 0.3) is 6.08 Å². The molecular formula is C8H8N2O2. The van der Waals surface area contributed by atoms with Crippen molar-refractivity contribution in [2.75, 3.05) is 7.11 Å². The van der Waals surface area contributed by atoms with E-state index < -0.39 is 0 Å². The summed E-state index contributed by atoms with van der Waals surface area (Å²) in [7, 11) is 1.33. The number of carbonyl (C=O) groups excluding carboxylic acids is 1. The summed E-state index contributed by atoms with van der Waals surface area (Å²) in [6, 6.07) is 0. The standard InChI is InChI=1S/C8H8N2O2/c1-12-8(11)3-2-7-4-9-6-10-5-7/h2-6H,1H3. The Morgan fingerprint density at radius 2 is 2.17 bits per heavy atom. The molecule has 0 aliphatic carbocycles. The van der Waals surface area contributed by atoms with E-state index in [4.69, 9.17) is 0 Å². The van der Waals surface area contributed by atoms with Crippen LogP contribution in [-0.2, 0) is 9.53 Å². The van der Waals surface area contributed by atoms with Crippen LogP contribution < -0.4 is 0 Å². The maximum absolute atomic E-state index is 10.6. The third-order valence-corrected chi connectivity index (χ3v) is 1.19. The molecule has 1 aromatic rings.